The normalized spacial score (nSPS) is 11.9. The Morgan fingerprint density at radius 1 is 0.870 bits per heavy atom. The molecule has 0 aliphatic rings. The SMILES string of the molecule is CCCCNC(=O)[C@@H](Cc1ccccc1)N(Cc1ccc(Br)cc1)C(=O)CN(c1ccc(C)cc1)S(=O)(=O)c1ccc(SC)cc1. The van der Waals surface area contributed by atoms with Crippen molar-refractivity contribution >= 4 is 55.2 Å². The van der Waals surface area contributed by atoms with Gasteiger partial charge >= 0.3 is 0 Å². The molecule has 0 fully saturated rings. The molecule has 0 saturated carbocycles. The Bertz CT molecular complexity index is 1680. The number of hydrogen-bond acceptors (Lipinski definition) is 5. The lowest BCUT2D eigenvalue weighted by Gasteiger charge is -2.34. The number of nitrogens with zero attached hydrogens (tertiary/aromatic N) is 2. The van der Waals surface area contributed by atoms with Crippen molar-refractivity contribution in [3.8, 4) is 0 Å². The fraction of sp³-hybridized carbons (Fsp3) is 0.278. The van der Waals surface area contributed by atoms with Crippen molar-refractivity contribution in [3.63, 3.8) is 0 Å². The summed E-state index contributed by atoms with van der Waals surface area (Å²) in [7, 11) is -4.15. The molecule has 0 radical (unpaired) electrons. The monoisotopic (exact) mass is 721 g/mol. The first-order valence-electron chi connectivity index (χ1n) is 15.2. The molecular weight excluding hydrogens is 682 g/mol. The molecule has 4 aromatic rings. The zero-order valence-corrected chi connectivity index (χ0v) is 29.6. The topological polar surface area (TPSA) is 86.8 Å². The average molecular weight is 723 g/mol. The van der Waals surface area contributed by atoms with Crippen LogP contribution in [0, 0.1) is 6.92 Å². The minimum atomic E-state index is -4.15. The highest BCUT2D eigenvalue weighted by Crippen LogP contribution is 2.27. The minimum absolute atomic E-state index is 0.0799. The van der Waals surface area contributed by atoms with E-state index < -0.39 is 28.5 Å². The highest BCUT2D eigenvalue weighted by molar-refractivity contribution is 9.10. The van der Waals surface area contributed by atoms with Gasteiger partial charge in [-0.15, -0.1) is 11.8 Å². The molecule has 242 valence electrons. The van der Waals surface area contributed by atoms with Gasteiger partial charge in [-0.1, -0.05) is 89.4 Å². The van der Waals surface area contributed by atoms with Gasteiger partial charge in [0.25, 0.3) is 10.0 Å². The molecule has 4 rings (SSSR count). The van der Waals surface area contributed by atoms with Gasteiger partial charge in [0.15, 0.2) is 0 Å². The Morgan fingerprint density at radius 3 is 2.13 bits per heavy atom. The molecule has 46 heavy (non-hydrogen) atoms. The van der Waals surface area contributed by atoms with Crippen LogP contribution < -0.4 is 9.62 Å². The Kier molecular flexibility index (Phi) is 12.9. The van der Waals surface area contributed by atoms with Crippen LogP contribution in [0.2, 0.25) is 0 Å². The molecule has 0 spiro atoms. The van der Waals surface area contributed by atoms with Gasteiger partial charge in [-0.25, -0.2) is 8.42 Å². The number of thioether (sulfide) groups is 1. The number of sulfonamides is 1. The van der Waals surface area contributed by atoms with Gasteiger partial charge in [0.1, 0.15) is 12.6 Å². The van der Waals surface area contributed by atoms with Crippen LogP contribution in [0.4, 0.5) is 5.69 Å². The van der Waals surface area contributed by atoms with Crippen molar-refractivity contribution in [3.05, 3.63) is 124 Å². The third-order valence-electron chi connectivity index (χ3n) is 7.62. The first-order valence-corrected chi connectivity index (χ1v) is 18.7. The lowest BCUT2D eigenvalue weighted by atomic mass is 10.0. The van der Waals surface area contributed by atoms with Gasteiger partial charge in [-0.05, 0) is 79.3 Å². The summed E-state index contributed by atoms with van der Waals surface area (Å²) in [6, 6.07) is 29.9. The molecule has 2 amide bonds. The molecule has 0 aliphatic heterocycles. The van der Waals surface area contributed by atoms with E-state index in [2.05, 4.69) is 21.2 Å². The lowest BCUT2D eigenvalue weighted by Crippen LogP contribution is -2.53. The van der Waals surface area contributed by atoms with Gasteiger partial charge in [0.2, 0.25) is 11.8 Å². The standard InChI is InChI=1S/C36H40BrN3O4S2/c1-4-5-23-38-36(42)34(24-28-9-7-6-8-10-28)39(25-29-13-15-30(37)16-14-29)35(41)26-40(31-17-11-27(2)12-18-31)46(43,44)33-21-19-32(45-3)20-22-33/h6-22,34H,4-5,23-26H2,1-3H3,(H,38,42)/t34-/m1/s1. The van der Waals surface area contributed by atoms with Crippen LogP contribution in [0.1, 0.15) is 36.5 Å². The van der Waals surface area contributed by atoms with Gasteiger partial charge in [0.05, 0.1) is 10.6 Å². The number of carbonyl (C=O) groups excluding carboxylic acids is 2. The molecule has 0 aliphatic carbocycles. The molecule has 0 unspecified atom stereocenters. The Hall–Kier alpha value is -3.60. The zero-order chi connectivity index (χ0) is 33.1. The van der Waals surface area contributed by atoms with E-state index in [-0.39, 0.29) is 23.8 Å². The van der Waals surface area contributed by atoms with Crippen LogP contribution >= 0.6 is 27.7 Å². The number of unbranched alkanes of at least 4 members (excludes halogenated alkanes) is 1. The van der Waals surface area contributed by atoms with Crippen molar-refractivity contribution in [2.75, 3.05) is 23.7 Å². The predicted octanol–water partition coefficient (Wildman–Crippen LogP) is 7.23. The summed E-state index contributed by atoms with van der Waals surface area (Å²) in [5.74, 6) is -0.764. The number of aryl methyl sites for hydroxylation is 1. The summed E-state index contributed by atoms with van der Waals surface area (Å²) in [5, 5.41) is 3.02. The van der Waals surface area contributed by atoms with E-state index in [1.165, 1.54) is 16.7 Å². The van der Waals surface area contributed by atoms with Crippen LogP contribution in [-0.2, 0) is 32.6 Å². The number of carbonyl (C=O) groups is 2. The van der Waals surface area contributed by atoms with Crippen molar-refractivity contribution < 1.29 is 18.0 Å². The molecular formula is C36H40BrN3O4S2. The number of nitrogens with one attached hydrogen (secondary N) is 1. The molecule has 1 atom stereocenters. The van der Waals surface area contributed by atoms with E-state index in [4.69, 9.17) is 0 Å². The highest BCUT2D eigenvalue weighted by atomic mass is 79.9. The molecule has 10 heteroatoms. The zero-order valence-electron chi connectivity index (χ0n) is 26.4. The summed E-state index contributed by atoms with van der Waals surface area (Å²) in [6.07, 6.45) is 3.91. The summed E-state index contributed by atoms with van der Waals surface area (Å²) in [4.78, 5) is 30.9. The average Bonchev–Trinajstić information content (AvgIpc) is 3.07. The number of amides is 2. The minimum Gasteiger partial charge on any atom is -0.354 e. The molecule has 1 N–H and O–H groups in total. The smallest absolute Gasteiger partial charge is 0.264 e. The third kappa shape index (κ3) is 9.47. The Labute approximate surface area is 285 Å². The number of anilines is 1. The van der Waals surface area contributed by atoms with Crippen LogP contribution in [-0.4, -0.2) is 50.5 Å². The van der Waals surface area contributed by atoms with Gasteiger partial charge in [-0.2, -0.15) is 0 Å². The second-order valence-electron chi connectivity index (χ2n) is 11.0. The summed E-state index contributed by atoms with van der Waals surface area (Å²) in [6.45, 7) is 4.08. The van der Waals surface area contributed by atoms with Crippen LogP contribution in [0.25, 0.3) is 0 Å². The number of hydrogen-bond donors (Lipinski definition) is 1. The fourth-order valence-electron chi connectivity index (χ4n) is 4.96. The highest BCUT2D eigenvalue weighted by Gasteiger charge is 2.34. The predicted molar refractivity (Wildman–Crippen MR) is 190 cm³/mol. The van der Waals surface area contributed by atoms with Crippen LogP contribution in [0.3, 0.4) is 0 Å². The molecule has 0 heterocycles. The fourth-order valence-corrected chi connectivity index (χ4v) is 7.05. The summed E-state index contributed by atoms with van der Waals surface area (Å²) < 4.78 is 30.4. The lowest BCUT2D eigenvalue weighted by molar-refractivity contribution is -0.140. The molecule has 0 aromatic heterocycles. The van der Waals surface area contributed by atoms with E-state index in [0.717, 1.165) is 43.2 Å². The molecule has 0 bridgehead atoms. The van der Waals surface area contributed by atoms with Crippen molar-refractivity contribution in [1.29, 1.82) is 0 Å². The first-order chi connectivity index (χ1) is 22.1. The molecule has 4 aromatic carbocycles. The Morgan fingerprint density at radius 2 is 1.52 bits per heavy atom. The van der Waals surface area contributed by atoms with E-state index in [1.807, 2.05) is 86.8 Å². The Balaban J connectivity index is 1.78. The van der Waals surface area contributed by atoms with Crippen LogP contribution in [0.15, 0.2) is 117 Å². The van der Waals surface area contributed by atoms with Crippen molar-refractivity contribution in [1.82, 2.24) is 10.2 Å². The maximum atomic E-state index is 14.5. The van der Waals surface area contributed by atoms with Gasteiger partial charge in [-0.3, -0.25) is 13.9 Å². The number of benzene rings is 4. The molecule has 7 nitrogen and oxygen atoms in total. The maximum Gasteiger partial charge on any atom is 0.264 e. The second-order valence-corrected chi connectivity index (χ2v) is 14.7. The maximum absolute atomic E-state index is 14.5. The van der Waals surface area contributed by atoms with Crippen molar-refractivity contribution in [2.45, 2.75) is 55.5 Å². The van der Waals surface area contributed by atoms with Crippen LogP contribution in [0.5, 0.6) is 0 Å². The summed E-state index contributed by atoms with van der Waals surface area (Å²) in [5.41, 5.74) is 3.03. The quantitative estimate of drug-likeness (QED) is 0.103. The largest absolute Gasteiger partial charge is 0.354 e. The van der Waals surface area contributed by atoms with E-state index >= 15 is 0 Å². The van der Waals surface area contributed by atoms with Crippen molar-refractivity contribution in [2.24, 2.45) is 0 Å². The van der Waals surface area contributed by atoms with E-state index in [9.17, 15) is 18.0 Å². The molecule has 0 saturated heterocycles. The van der Waals surface area contributed by atoms with E-state index in [1.54, 1.807) is 36.4 Å². The summed E-state index contributed by atoms with van der Waals surface area (Å²) >= 11 is 4.98. The van der Waals surface area contributed by atoms with Gasteiger partial charge in [0, 0.05) is 28.9 Å². The van der Waals surface area contributed by atoms with Gasteiger partial charge < -0.3 is 10.2 Å². The van der Waals surface area contributed by atoms with E-state index in [0.29, 0.717) is 12.2 Å². The third-order valence-corrected chi connectivity index (χ3v) is 10.7. The number of rotatable bonds is 15. The first kappa shape index (κ1) is 35.3. The number of halogens is 1. The second kappa shape index (κ2) is 16.8.